The predicted octanol–water partition coefficient (Wildman–Crippen LogP) is 3.45. The molecule has 1 heterocycles. The van der Waals surface area contributed by atoms with Gasteiger partial charge in [-0.05, 0) is 36.5 Å². The maximum absolute atomic E-state index is 13.0. The van der Waals surface area contributed by atoms with Crippen LogP contribution in [0.5, 0.6) is 0 Å². The number of nitrogens with one attached hydrogen (secondary N) is 2. The van der Waals surface area contributed by atoms with E-state index in [1.807, 2.05) is 61.5 Å². The molecule has 0 saturated carbocycles. The number of nitrogens with zero attached hydrogens (tertiary/aromatic N) is 1. The smallest absolute Gasteiger partial charge is 0.325 e. The third-order valence-corrected chi connectivity index (χ3v) is 5.41. The molecule has 2 aromatic rings. The Labute approximate surface area is 171 Å². The second-order valence-electron chi connectivity index (χ2n) is 7.92. The van der Waals surface area contributed by atoms with Crippen LogP contribution >= 0.6 is 0 Å². The minimum atomic E-state index is -1.18. The van der Waals surface area contributed by atoms with Gasteiger partial charge in [-0.25, -0.2) is 4.79 Å². The van der Waals surface area contributed by atoms with Crippen LogP contribution in [0.25, 0.3) is 0 Å². The zero-order valence-corrected chi connectivity index (χ0v) is 17.2. The van der Waals surface area contributed by atoms with Gasteiger partial charge < -0.3 is 10.6 Å². The van der Waals surface area contributed by atoms with Crippen molar-refractivity contribution in [2.75, 3.05) is 6.54 Å². The second-order valence-corrected chi connectivity index (χ2v) is 7.92. The van der Waals surface area contributed by atoms with Crippen LogP contribution in [-0.4, -0.2) is 29.3 Å². The summed E-state index contributed by atoms with van der Waals surface area (Å²) in [5, 5.41) is 5.58. The maximum Gasteiger partial charge on any atom is 0.325 e. The van der Waals surface area contributed by atoms with Crippen LogP contribution in [0.4, 0.5) is 4.79 Å². The summed E-state index contributed by atoms with van der Waals surface area (Å²) in [5.41, 5.74) is 1.62. The van der Waals surface area contributed by atoms with Crippen molar-refractivity contribution in [3.63, 3.8) is 0 Å². The van der Waals surface area contributed by atoms with E-state index in [2.05, 4.69) is 24.5 Å². The summed E-state index contributed by atoms with van der Waals surface area (Å²) in [7, 11) is 0. The lowest BCUT2D eigenvalue weighted by atomic mass is 9.90. The third kappa shape index (κ3) is 4.16. The molecule has 2 N–H and O–H groups in total. The van der Waals surface area contributed by atoms with Gasteiger partial charge in [0.25, 0.3) is 5.91 Å². The molecule has 0 bridgehead atoms. The molecule has 3 rings (SSSR count). The van der Waals surface area contributed by atoms with E-state index in [1.165, 1.54) is 0 Å². The molecular formula is C23H27N3O3. The van der Waals surface area contributed by atoms with Crippen LogP contribution in [0.3, 0.4) is 0 Å². The number of urea groups is 1. The highest BCUT2D eigenvalue weighted by molar-refractivity contribution is 6.09. The molecule has 0 unspecified atom stereocenters. The van der Waals surface area contributed by atoms with E-state index in [0.29, 0.717) is 11.5 Å². The van der Waals surface area contributed by atoms with Gasteiger partial charge in [0.1, 0.15) is 12.1 Å². The van der Waals surface area contributed by atoms with Gasteiger partial charge in [-0.15, -0.1) is 0 Å². The van der Waals surface area contributed by atoms with Gasteiger partial charge in [-0.1, -0.05) is 68.4 Å². The lowest BCUT2D eigenvalue weighted by Gasteiger charge is -2.23. The fourth-order valence-corrected chi connectivity index (χ4v) is 3.49. The molecule has 0 radical (unpaired) electrons. The van der Waals surface area contributed by atoms with Crippen LogP contribution in [0.2, 0.25) is 0 Å². The third-order valence-electron chi connectivity index (χ3n) is 5.41. The fourth-order valence-electron chi connectivity index (χ4n) is 3.49. The number of carbonyl (C=O) groups is 3. The molecule has 1 fully saturated rings. The van der Waals surface area contributed by atoms with Crippen molar-refractivity contribution < 1.29 is 14.4 Å². The molecule has 1 aliphatic heterocycles. The van der Waals surface area contributed by atoms with Crippen molar-refractivity contribution >= 4 is 17.8 Å². The first-order valence-electron chi connectivity index (χ1n) is 9.81. The molecule has 1 aliphatic rings. The van der Waals surface area contributed by atoms with Crippen LogP contribution in [0.1, 0.15) is 56.3 Å². The maximum atomic E-state index is 13.0. The molecule has 2 atom stereocenters. The van der Waals surface area contributed by atoms with Crippen molar-refractivity contribution in [3.05, 3.63) is 71.3 Å². The Bertz CT molecular complexity index is 909. The Kier molecular flexibility index (Phi) is 5.73. The molecule has 6 nitrogen and oxygen atoms in total. The van der Waals surface area contributed by atoms with Gasteiger partial charge in [0.05, 0.1) is 6.04 Å². The average Bonchev–Trinajstić information content (AvgIpc) is 2.92. The predicted molar refractivity (Wildman–Crippen MR) is 111 cm³/mol. The van der Waals surface area contributed by atoms with Crippen LogP contribution in [0.15, 0.2) is 54.6 Å². The van der Waals surface area contributed by atoms with Gasteiger partial charge in [0.2, 0.25) is 5.91 Å². The zero-order valence-electron chi connectivity index (χ0n) is 17.2. The highest BCUT2D eigenvalue weighted by Crippen LogP contribution is 2.30. The number of hydrogen-bond donors (Lipinski definition) is 2. The number of rotatable bonds is 6. The number of hydrogen-bond acceptors (Lipinski definition) is 3. The minimum Gasteiger partial charge on any atom is -0.348 e. The van der Waals surface area contributed by atoms with E-state index in [9.17, 15) is 14.4 Å². The lowest BCUT2D eigenvalue weighted by molar-refractivity contribution is -0.135. The highest BCUT2D eigenvalue weighted by atomic mass is 16.2. The standard InChI is InChI=1S/C23H27N3O3/c1-15(2)17-10-12-19(13-11-17)23(4)21(28)26(22(29)25-23)14-20(27)24-16(3)18-8-6-5-7-9-18/h5-13,15-16H,14H2,1-4H3,(H,24,27)(H,25,29)/t16-,23-/m1/s1. The first kappa shape index (κ1) is 20.6. The summed E-state index contributed by atoms with van der Waals surface area (Å²) >= 11 is 0. The number of carbonyl (C=O) groups excluding carboxylic acids is 3. The van der Waals surface area contributed by atoms with E-state index in [0.717, 1.165) is 16.0 Å². The van der Waals surface area contributed by atoms with Gasteiger partial charge in [-0.3, -0.25) is 14.5 Å². The Hall–Kier alpha value is -3.15. The van der Waals surface area contributed by atoms with Crippen molar-refractivity contribution in [1.82, 2.24) is 15.5 Å². The molecule has 152 valence electrons. The molecule has 2 aromatic carbocycles. The topological polar surface area (TPSA) is 78.5 Å². The quantitative estimate of drug-likeness (QED) is 0.738. The molecule has 29 heavy (non-hydrogen) atoms. The Morgan fingerprint density at radius 1 is 1.00 bits per heavy atom. The van der Waals surface area contributed by atoms with Crippen molar-refractivity contribution in [1.29, 1.82) is 0 Å². The van der Waals surface area contributed by atoms with Crippen LogP contribution in [-0.2, 0) is 15.1 Å². The number of amides is 4. The first-order valence-corrected chi connectivity index (χ1v) is 9.81. The van der Waals surface area contributed by atoms with Gasteiger partial charge in [-0.2, -0.15) is 0 Å². The molecule has 0 aliphatic carbocycles. The summed E-state index contributed by atoms with van der Waals surface area (Å²) in [5.74, 6) is -0.441. The van der Waals surface area contributed by atoms with Crippen molar-refractivity contribution in [3.8, 4) is 0 Å². The largest absolute Gasteiger partial charge is 0.348 e. The molecule has 1 saturated heterocycles. The lowest BCUT2D eigenvalue weighted by Crippen LogP contribution is -2.43. The van der Waals surface area contributed by atoms with Gasteiger partial charge >= 0.3 is 6.03 Å². The Morgan fingerprint density at radius 3 is 2.21 bits per heavy atom. The minimum absolute atomic E-state index is 0.223. The summed E-state index contributed by atoms with van der Waals surface area (Å²) in [4.78, 5) is 38.9. The second kappa shape index (κ2) is 8.07. The van der Waals surface area contributed by atoms with Crippen LogP contribution < -0.4 is 10.6 Å². The summed E-state index contributed by atoms with van der Waals surface area (Å²) in [6, 6.07) is 16.4. The molecule has 6 heteroatoms. The molecule has 4 amide bonds. The van der Waals surface area contributed by atoms with Crippen molar-refractivity contribution in [2.45, 2.75) is 45.2 Å². The Morgan fingerprint density at radius 2 is 1.62 bits per heavy atom. The van der Waals surface area contributed by atoms with E-state index in [4.69, 9.17) is 0 Å². The summed E-state index contributed by atoms with van der Waals surface area (Å²) in [6.45, 7) is 7.40. The fraction of sp³-hybridized carbons (Fsp3) is 0.348. The molecule has 0 aromatic heterocycles. The average molecular weight is 393 g/mol. The molecule has 0 spiro atoms. The molecular weight excluding hydrogens is 366 g/mol. The first-order chi connectivity index (χ1) is 13.7. The van der Waals surface area contributed by atoms with E-state index in [1.54, 1.807) is 6.92 Å². The summed E-state index contributed by atoms with van der Waals surface area (Å²) < 4.78 is 0. The van der Waals surface area contributed by atoms with Gasteiger partial charge in [0.15, 0.2) is 0 Å². The monoisotopic (exact) mass is 393 g/mol. The normalized spacial score (nSPS) is 20.0. The van der Waals surface area contributed by atoms with E-state index >= 15 is 0 Å². The highest BCUT2D eigenvalue weighted by Gasteiger charge is 2.49. The zero-order chi connectivity index (χ0) is 21.2. The SMILES string of the molecule is CC(C)c1ccc([C@@]2(C)NC(=O)N(CC(=O)N[C@H](C)c3ccccc3)C2=O)cc1. The van der Waals surface area contributed by atoms with Gasteiger partial charge in [0, 0.05) is 0 Å². The van der Waals surface area contributed by atoms with Crippen molar-refractivity contribution in [2.24, 2.45) is 0 Å². The van der Waals surface area contributed by atoms with Crippen LogP contribution in [0, 0.1) is 0 Å². The number of imide groups is 1. The van der Waals surface area contributed by atoms with E-state index < -0.39 is 17.5 Å². The Balaban J connectivity index is 1.70. The van der Waals surface area contributed by atoms with E-state index in [-0.39, 0.29) is 18.5 Å². The summed E-state index contributed by atoms with van der Waals surface area (Å²) in [6.07, 6.45) is 0. The number of benzene rings is 2.